The van der Waals surface area contributed by atoms with Gasteiger partial charge in [-0.2, -0.15) is 5.10 Å². The number of pyridine rings is 1. The Balaban J connectivity index is 2.00. The maximum absolute atomic E-state index is 11.7. The van der Waals surface area contributed by atoms with Gasteiger partial charge in [-0.25, -0.2) is 5.43 Å². The standard InChI is InChI=1S/C13H14N4O/c1-9-6-12(10(2)16-9)8-15-17-13(18)11-4-3-5-14-7-11/h3-8,16H,1-2H3,(H,17,18). The number of hydrogen-bond donors (Lipinski definition) is 2. The highest BCUT2D eigenvalue weighted by atomic mass is 16.2. The van der Waals surface area contributed by atoms with Crippen molar-refractivity contribution in [3.63, 3.8) is 0 Å². The molecule has 0 aliphatic carbocycles. The van der Waals surface area contributed by atoms with Crippen LogP contribution in [0.25, 0.3) is 0 Å². The van der Waals surface area contributed by atoms with Gasteiger partial charge in [-0.15, -0.1) is 0 Å². The van der Waals surface area contributed by atoms with E-state index < -0.39 is 0 Å². The molecule has 0 aromatic carbocycles. The number of carbonyl (C=O) groups excluding carboxylic acids is 1. The lowest BCUT2D eigenvalue weighted by molar-refractivity contribution is 0.0955. The zero-order valence-corrected chi connectivity index (χ0v) is 10.3. The Kier molecular flexibility index (Phi) is 3.52. The van der Waals surface area contributed by atoms with Crippen LogP contribution >= 0.6 is 0 Å². The van der Waals surface area contributed by atoms with Crippen LogP contribution in [0.4, 0.5) is 0 Å². The van der Waals surface area contributed by atoms with Gasteiger partial charge in [0.05, 0.1) is 11.8 Å². The quantitative estimate of drug-likeness (QED) is 0.636. The van der Waals surface area contributed by atoms with E-state index in [2.05, 4.69) is 20.5 Å². The molecule has 0 aliphatic rings. The van der Waals surface area contributed by atoms with Crippen molar-refractivity contribution >= 4 is 12.1 Å². The summed E-state index contributed by atoms with van der Waals surface area (Å²) in [6.45, 7) is 3.93. The molecule has 2 aromatic heterocycles. The van der Waals surface area contributed by atoms with Crippen molar-refractivity contribution in [2.45, 2.75) is 13.8 Å². The monoisotopic (exact) mass is 242 g/mol. The number of aromatic amines is 1. The normalized spacial score (nSPS) is 10.8. The SMILES string of the molecule is Cc1cc(C=NNC(=O)c2cccnc2)c(C)[nH]1. The number of nitrogens with one attached hydrogen (secondary N) is 2. The molecule has 0 spiro atoms. The second kappa shape index (κ2) is 5.27. The summed E-state index contributed by atoms with van der Waals surface area (Å²) < 4.78 is 0. The van der Waals surface area contributed by atoms with Crippen molar-refractivity contribution < 1.29 is 4.79 Å². The minimum absolute atomic E-state index is 0.274. The number of amides is 1. The van der Waals surface area contributed by atoms with Gasteiger partial charge in [-0.05, 0) is 32.0 Å². The van der Waals surface area contributed by atoms with Gasteiger partial charge in [0.25, 0.3) is 5.91 Å². The highest BCUT2D eigenvalue weighted by Crippen LogP contribution is 2.05. The number of rotatable bonds is 3. The van der Waals surface area contributed by atoms with E-state index in [0.29, 0.717) is 5.56 Å². The van der Waals surface area contributed by atoms with E-state index in [4.69, 9.17) is 0 Å². The third-order valence-electron chi connectivity index (χ3n) is 2.48. The smallest absolute Gasteiger partial charge is 0.272 e. The summed E-state index contributed by atoms with van der Waals surface area (Å²) >= 11 is 0. The molecule has 0 atom stereocenters. The lowest BCUT2D eigenvalue weighted by Crippen LogP contribution is -2.17. The maximum Gasteiger partial charge on any atom is 0.272 e. The molecule has 2 N–H and O–H groups in total. The third kappa shape index (κ3) is 2.82. The number of aromatic nitrogens is 2. The second-order valence-corrected chi connectivity index (χ2v) is 3.97. The topological polar surface area (TPSA) is 70.1 Å². The average Bonchev–Trinajstić information content (AvgIpc) is 2.69. The minimum Gasteiger partial charge on any atom is -0.362 e. The van der Waals surface area contributed by atoms with Gasteiger partial charge >= 0.3 is 0 Å². The summed E-state index contributed by atoms with van der Waals surface area (Å²) in [5, 5.41) is 3.92. The fraction of sp³-hybridized carbons (Fsp3) is 0.154. The van der Waals surface area contributed by atoms with E-state index in [-0.39, 0.29) is 5.91 Å². The number of nitrogens with zero attached hydrogens (tertiary/aromatic N) is 2. The van der Waals surface area contributed by atoms with Gasteiger partial charge in [0.2, 0.25) is 0 Å². The molecule has 0 aliphatic heterocycles. The molecule has 5 heteroatoms. The van der Waals surface area contributed by atoms with Crippen molar-refractivity contribution in [2.24, 2.45) is 5.10 Å². The highest BCUT2D eigenvalue weighted by molar-refractivity contribution is 5.94. The first-order valence-electron chi connectivity index (χ1n) is 5.56. The Hall–Kier alpha value is -2.43. The number of aryl methyl sites for hydroxylation is 2. The average molecular weight is 242 g/mol. The number of H-pyrrole nitrogens is 1. The van der Waals surface area contributed by atoms with Gasteiger partial charge < -0.3 is 4.98 Å². The van der Waals surface area contributed by atoms with E-state index in [1.165, 1.54) is 6.20 Å². The molecule has 1 amide bonds. The summed E-state index contributed by atoms with van der Waals surface area (Å²) in [6, 6.07) is 5.36. The van der Waals surface area contributed by atoms with Crippen molar-refractivity contribution in [2.75, 3.05) is 0 Å². The van der Waals surface area contributed by atoms with Crippen LogP contribution in [0, 0.1) is 13.8 Å². The summed E-state index contributed by atoms with van der Waals surface area (Å²) in [4.78, 5) is 18.7. The first-order chi connectivity index (χ1) is 8.66. The Morgan fingerprint density at radius 3 is 2.94 bits per heavy atom. The van der Waals surface area contributed by atoms with Gasteiger partial charge in [0.1, 0.15) is 0 Å². The number of hydrazone groups is 1. The van der Waals surface area contributed by atoms with Crippen LogP contribution in [-0.4, -0.2) is 22.1 Å². The van der Waals surface area contributed by atoms with E-state index in [1.54, 1.807) is 24.5 Å². The first kappa shape index (κ1) is 12.0. The summed E-state index contributed by atoms with van der Waals surface area (Å²) in [5.41, 5.74) is 5.98. The van der Waals surface area contributed by atoms with Gasteiger partial charge in [0.15, 0.2) is 0 Å². The molecule has 2 aromatic rings. The van der Waals surface area contributed by atoms with Crippen LogP contribution in [0.1, 0.15) is 27.3 Å². The molecule has 0 saturated heterocycles. The Bertz CT molecular complexity index is 572. The first-order valence-corrected chi connectivity index (χ1v) is 5.56. The second-order valence-electron chi connectivity index (χ2n) is 3.97. The van der Waals surface area contributed by atoms with E-state index >= 15 is 0 Å². The van der Waals surface area contributed by atoms with E-state index in [1.807, 2.05) is 19.9 Å². The molecule has 18 heavy (non-hydrogen) atoms. The van der Waals surface area contributed by atoms with Crippen LogP contribution in [-0.2, 0) is 0 Å². The molecule has 0 saturated carbocycles. The van der Waals surface area contributed by atoms with Crippen LogP contribution in [0.3, 0.4) is 0 Å². The Labute approximate surface area is 105 Å². The number of hydrogen-bond acceptors (Lipinski definition) is 3. The van der Waals surface area contributed by atoms with Crippen molar-refractivity contribution in [3.8, 4) is 0 Å². The van der Waals surface area contributed by atoms with Gasteiger partial charge in [-0.3, -0.25) is 9.78 Å². The van der Waals surface area contributed by atoms with Crippen molar-refractivity contribution in [1.82, 2.24) is 15.4 Å². The largest absolute Gasteiger partial charge is 0.362 e. The number of carbonyl (C=O) groups is 1. The van der Waals surface area contributed by atoms with Crippen LogP contribution < -0.4 is 5.43 Å². The fourth-order valence-corrected chi connectivity index (χ4v) is 1.60. The predicted molar refractivity (Wildman–Crippen MR) is 69.6 cm³/mol. The molecule has 5 nitrogen and oxygen atoms in total. The molecule has 2 heterocycles. The molecular formula is C13H14N4O. The fourth-order valence-electron chi connectivity index (χ4n) is 1.60. The minimum atomic E-state index is -0.274. The Morgan fingerprint density at radius 1 is 1.50 bits per heavy atom. The van der Waals surface area contributed by atoms with Crippen molar-refractivity contribution in [1.29, 1.82) is 0 Å². The predicted octanol–water partition coefficient (Wildman–Crippen LogP) is 1.79. The molecule has 0 unspecified atom stereocenters. The van der Waals surface area contributed by atoms with Crippen LogP contribution in [0.2, 0.25) is 0 Å². The maximum atomic E-state index is 11.7. The lowest BCUT2D eigenvalue weighted by atomic mass is 10.3. The lowest BCUT2D eigenvalue weighted by Gasteiger charge is -1.97. The zero-order valence-electron chi connectivity index (χ0n) is 10.3. The summed E-state index contributed by atoms with van der Waals surface area (Å²) in [7, 11) is 0. The molecular weight excluding hydrogens is 228 g/mol. The molecule has 0 radical (unpaired) electrons. The molecule has 0 fully saturated rings. The van der Waals surface area contributed by atoms with Gasteiger partial charge in [-0.1, -0.05) is 0 Å². The highest BCUT2D eigenvalue weighted by Gasteiger charge is 2.03. The van der Waals surface area contributed by atoms with E-state index in [9.17, 15) is 4.79 Å². The molecule has 0 bridgehead atoms. The summed E-state index contributed by atoms with van der Waals surface area (Å²) in [6.07, 6.45) is 4.73. The molecule has 2 rings (SSSR count). The third-order valence-corrected chi connectivity index (χ3v) is 2.48. The Morgan fingerprint density at radius 2 is 2.33 bits per heavy atom. The van der Waals surface area contributed by atoms with E-state index in [0.717, 1.165) is 17.0 Å². The van der Waals surface area contributed by atoms with Crippen LogP contribution in [0.15, 0.2) is 35.7 Å². The van der Waals surface area contributed by atoms with Crippen molar-refractivity contribution in [3.05, 3.63) is 53.1 Å². The molecule has 92 valence electrons. The van der Waals surface area contributed by atoms with Gasteiger partial charge in [0, 0.05) is 29.3 Å². The zero-order chi connectivity index (χ0) is 13.0. The summed E-state index contributed by atoms with van der Waals surface area (Å²) in [5.74, 6) is -0.274. The van der Waals surface area contributed by atoms with Crippen LogP contribution in [0.5, 0.6) is 0 Å².